The number of thiocarbonyl (C=S) groups is 1. The van der Waals surface area contributed by atoms with Crippen LogP contribution in [0.1, 0.15) is 50.6 Å². The highest BCUT2D eigenvalue weighted by Gasteiger charge is 2.33. The van der Waals surface area contributed by atoms with Crippen LogP contribution in [0.3, 0.4) is 0 Å². The summed E-state index contributed by atoms with van der Waals surface area (Å²) in [5.41, 5.74) is 3.55. The Bertz CT molecular complexity index is 1220. The van der Waals surface area contributed by atoms with E-state index < -0.39 is 17.8 Å². The fourth-order valence-corrected chi connectivity index (χ4v) is 6.06. The van der Waals surface area contributed by atoms with Crippen molar-refractivity contribution in [2.75, 3.05) is 6.54 Å². The Morgan fingerprint density at radius 3 is 2.72 bits per heavy atom. The quantitative estimate of drug-likeness (QED) is 0.302. The number of hydrogen-bond acceptors (Lipinski definition) is 5. The third-order valence-electron chi connectivity index (χ3n) is 5.84. The summed E-state index contributed by atoms with van der Waals surface area (Å²) in [6.07, 6.45) is 6.80. The minimum atomic E-state index is -0.929. The van der Waals surface area contributed by atoms with Crippen LogP contribution in [0.2, 0.25) is 0 Å². The van der Waals surface area contributed by atoms with Crippen LogP contribution in [0, 0.1) is 13.8 Å². The lowest BCUT2D eigenvalue weighted by Crippen LogP contribution is -2.53. The lowest BCUT2D eigenvalue weighted by Gasteiger charge is -2.27. The van der Waals surface area contributed by atoms with E-state index in [1.165, 1.54) is 22.3 Å². The first-order chi connectivity index (χ1) is 15.2. The number of thiophene rings is 1. The van der Waals surface area contributed by atoms with Gasteiger partial charge >= 0.3 is 5.97 Å². The molecule has 1 aliphatic carbocycles. The monoisotopic (exact) mass is 469 g/mol. The van der Waals surface area contributed by atoms with Crippen LogP contribution < -0.4 is 5.32 Å². The SMILES string of the molecule is C=CCN1C(=O)C(=Cc2cc(C)n(-c3sc4c(c3C(=O)O)CCCC4)c2C)C(=O)NC1=S. The molecule has 32 heavy (non-hydrogen) atoms. The molecule has 0 radical (unpaired) electrons. The predicted octanol–water partition coefficient (Wildman–Crippen LogP) is 3.55. The number of rotatable bonds is 5. The van der Waals surface area contributed by atoms with Crippen molar-refractivity contribution in [3.63, 3.8) is 0 Å². The molecule has 0 unspecified atom stereocenters. The van der Waals surface area contributed by atoms with Crippen molar-refractivity contribution in [3.05, 3.63) is 57.2 Å². The zero-order valence-electron chi connectivity index (χ0n) is 17.9. The number of aryl methyl sites for hydroxylation is 2. The molecule has 0 spiro atoms. The van der Waals surface area contributed by atoms with E-state index in [1.54, 1.807) is 6.08 Å². The fourth-order valence-electron chi connectivity index (χ4n) is 4.32. The number of aromatic nitrogens is 1. The third-order valence-corrected chi connectivity index (χ3v) is 7.44. The highest BCUT2D eigenvalue weighted by molar-refractivity contribution is 7.80. The van der Waals surface area contributed by atoms with Crippen molar-refractivity contribution in [3.8, 4) is 5.00 Å². The van der Waals surface area contributed by atoms with Crippen LogP contribution in [0.4, 0.5) is 0 Å². The number of amides is 2. The van der Waals surface area contributed by atoms with Crippen molar-refractivity contribution in [2.24, 2.45) is 0 Å². The number of nitrogens with one attached hydrogen (secondary N) is 1. The van der Waals surface area contributed by atoms with Gasteiger partial charge in [0.2, 0.25) is 0 Å². The molecule has 2 amide bonds. The van der Waals surface area contributed by atoms with Gasteiger partial charge in [-0.1, -0.05) is 6.08 Å². The molecule has 1 aliphatic heterocycles. The summed E-state index contributed by atoms with van der Waals surface area (Å²) in [6, 6.07) is 1.86. The van der Waals surface area contributed by atoms with E-state index in [9.17, 15) is 19.5 Å². The van der Waals surface area contributed by atoms with Gasteiger partial charge in [-0.25, -0.2) is 4.79 Å². The van der Waals surface area contributed by atoms with E-state index in [4.69, 9.17) is 12.2 Å². The molecule has 3 heterocycles. The summed E-state index contributed by atoms with van der Waals surface area (Å²) in [5, 5.41) is 13.2. The lowest BCUT2D eigenvalue weighted by atomic mass is 9.95. The van der Waals surface area contributed by atoms with Gasteiger partial charge in [0.05, 0.1) is 5.56 Å². The molecular weight excluding hydrogens is 446 g/mol. The summed E-state index contributed by atoms with van der Waals surface area (Å²) in [4.78, 5) is 39.9. The van der Waals surface area contributed by atoms with Crippen LogP contribution >= 0.6 is 23.6 Å². The number of carbonyl (C=O) groups excluding carboxylic acids is 2. The number of fused-ring (bicyclic) bond motifs is 1. The summed E-state index contributed by atoms with van der Waals surface area (Å²) in [5.74, 6) is -1.97. The van der Waals surface area contributed by atoms with Crippen LogP contribution in [0.25, 0.3) is 11.1 Å². The molecule has 2 aliphatic rings. The number of carboxylic acids is 1. The molecule has 2 aromatic rings. The average molecular weight is 470 g/mol. The molecule has 2 aromatic heterocycles. The smallest absolute Gasteiger partial charge is 0.339 e. The van der Waals surface area contributed by atoms with Crippen molar-refractivity contribution in [1.82, 2.24) is 14.8 Å². The highest BCUT2D eigenvalue weighted by Crippen LogP contribution is 2.39. The van der Waals surface area contributed by atoms with Crippen LogP contribution in [-0.2, 0) is 22.4 Å². The molecule has 1 fully saturated rings. The second kappa shape index (κ2) is 8.48. The van der Waals surface area contributed by atoms with Gasteiger partial charge in [-0.05, 0) is 75.0 Å². The predicted molar refractivity (Wildman–Crippen MR) is 127 cm³/mol. The first kappa shape index (κ1) is 22.2. The number of carbonyl (C=O) groups is 3. The Kier molecular flexibility index (Phi) is 5.87. The lowest BCUT2D eigenvalue weighted by molar-refractivity contribution is -0.128. The minimum Gasteiger partial charge on any atom is -0.478 e. The normalized spacial score (nSPS) is 17.5. The summed E-state index contributed by atoms with van der Waals surface area (Å²) in [7, 11) is 0. The van der Waals surface area contributed by atoms with Crippen LogP contribution in [0.15, 0.2) is 24.3 Å². The third kappa shape index (κ3) is 3.61. The second-order valence-electron chi connectivity index (χ2n) is 7.88. The van der Waals surface area contributed by atoms with Gasteiger partial charge in [-0.2, -0.15) is 0 Å². The van der Waals surface area contributed by atoms with Crippen LogP contribution in [0.5, 0.6) is 0 Å². The second-order valence-corrected chi connectivity index (χ2v) is 9.35. The maximum atomic E-state index is 12.9. The van der Waals surface area contributed by atoms with Gasteiger partial charge in [0.25, 0.3) is 11.8 Å². The number of nitrogens with zero attached hydrogens (tertiary/aromatic N) is 2. The van der Waals surface area contributed by atoms with Crippen molar-refractivity contribution in [2.45, 2.75) is 39.5 Å². The van der Waals surface area contributed by atoms with Gasteiger partial charge in [0.15, 0.2) is 5.11 Å². The Hall–Kier alpha value is -3.04. The Morgan fingerprint density at radius 2 is 2.03 bits per heavy atom. The zero-order valence-corrected chi connectivity index (χ0v) is 19.5. The Labute approximate surface area is 195 Å². The number of hydrogen-bond donors (Lipinski definition) is 2. The number of aromatic carboxylic acids is 1. The first-order valence-electron chi connectivity index (χ1n) is 10.3. The van der Waals surface area contributed by atoms with E-state index in [-0.39, 0.29) is 17.2 Å². The summed E-state index contributed by atoms with van der Waals surface area (Å²) in [6.45, 7) is 7.57. The minimum absolute atomic E-state index is 0.0235. The van der Waals surface area contributed by atoms with Crippen LogP contribution in [-0.4, -0.2) is 44.0 Å². The largest absolute Gasteiger partial charge is 0.478 e. The van der Waals surface area contributed by atoms with E-state index >= 15 is 0 Å². The molecule has 0 atom stereocenters. The van der Waals surface area contributed by atoms with Gasteiger partial charge < -0.3 is 9.67 Å². The number of carboxylic acid groups (broad SMARTS) is 1. The Balaban J connectivity index is 1.82. The maximum Gasteiger partial charge on any atom is 0.339 e. The molecular formula is C23H23N3O4S2. The fraction of sp³-hybridized carbons (Fsp3) is 0.304. The van der Waals surface area contributed by atoms with Gasteiger partial charge in [-0.3, -0.25) is 19.8 Å². The van der Waals surface area contributed by atoms with E-state index in [0.29, 0.717) is 16.1 Å². The van der Waals surface area contributed by atoms with E-state index in [0.717, 1.165) is 47.5 Å². The van der Waals surface area contributed by atoms with Crippen molar-refractivity contribution < 1.29 is 19.5 Å². The summed E-state index contributed by atoms with van der Waals surface area (Å²) < 4.78 is 1.91. The molecule has 7 nitrogen and oxygen atoms in total. The van der Waals surface area contributed by atoms with E-state index in [2.05, 4.69) is 11.9 Å². The molecule has 0 aromatic carbocycles. The molecule has 0 bridgehead atoms. The topological polar surface area (TPSA) is 91.6 Å². The first-order valence-corrected chi connectivity index (χ1v) is 11.5. The molecule has 1 saturated heterocycles. The van der Waals surface area contributed by atoms with Gasteiger partial charge in [0, 0.05) is 22.8 Å². The summed E-state index contributed by atoms with van der Waals surface area (Å²) >= 11 is 6.62. The maximum absolute atomic E-state index is 12.9. The van der Waals surface area contributed by atoms with Gasteiger partial charge in [0.1, 0.15) is 10.6 Å². The van der Waals surface area contributed by atoms with E-state index in [1.807, 2.05) is 24.5 Å². The average Bonchev–Trinajstić information content (AvgIpc) is 3.24. The molecule has 166 valence electrons. The molecule has 0 saturated carbocycles. The molecule has 9 heteroatoms. The standard InChI is InChI=1S/C23H23N3O4S2/c1-4-9-25-20(28)16(19(27)24-23(25)31)11-14-10-12(2)26(13(14)3)21-18(22(29)30)15-7-5-6-8-17(15)32-21/h4,10-11H,1,5-9H2,2-3H3,(H,29,30)(H,24,27,31). The molecule has 4 rings (SSSR count). The zero-order chi connectivity index (χ0) is 23.2. The van der Waals surface area contributed by atoms with Crippen molar-refractivity contribution in [1.29, 1.82) is 0 Å². The van der Waals surface area contributed by atoms with Gasteiger partial charge in [-0.15, -0.1) is 17.9 Å². The highest BCUT2D eigenvalue weighted by atomic mass is 32.1. The van der Waals surface area contributed by atoms with Crippen molar-refractivity contribution >= 4 is 52.5 Å². The Morgan fingerprint density at radius 1 is 1.31 bits per heavy atom. The molecule has 2 N–H and O–H groups in total.